The van der Waals surface area contributed by atoms with Crippen molar-refractivity contribution in [2.24, 2.45) is 0 Å². The first-order valence-electron chi connectivity index (χ1n) is 4.96. The molecular formula is C13H11NO2. The minimum atomic E-state index is -0.314. The summed E-state index contributed by atoms with van der Waals surface area (Å²) in [5, 5.41) is 12.3. The van der Waals surface area contributed by atoms with E-state index in [1.165, 1.54) is 6.20 Å². The zero-order chi connectivity index (χ0) is 11.5. The molecule has 0 radical (unpaired) electrons. The molecule has 3 heteroatoms. The van der Waals surface area contributed by atoms with Crippen LogP contribution in [-0.2, 0) is 0 Å². The van der Waals surface area contributed by atoms with Gasteiger partial charge in [0.05, 0.1) is 5.39 Å². The average Bonchev–Trinajstić information content (AvgIpc) is 2.33. The molecule has 2 rings (SSSR count). The highest BCUT2D eigenvalue weighted by molar-refractivity contribution is 5.82. The number of ether oxygens (including phenoxy) is 1. The summed E-state index contributed by atoms with van der Waals surface area (Å²) in [4.78, 5) is 0. The molecule has 0 saturated heterocycles. The number of aromatic nitrogens is 1. The molecule has 16 heavy (non-hydrogen) atoms. The Hall–Kier alpha value is -2.21. The molecule has 1 aromatic heterocycles. The predicted octanol–water partition coefficient (Wildman–Crippen LogP) is 1.87. The van der Waals surface area contributed by atoms with Gasteiger partial charge in [-0.05, 0) is 13.0 Å². The molecule has 0 aliphatic rings. The van der Waals surface area contributed by atoms with Gasteiger partial charge in [-0.3, -0.25) is 0 Å². The maximum atomic E-state index is 11.5. The van der Waals surface area contributed by atoms with Gasteiger partial charge in [-0.15, -0.1) is 6.42 Å². The van der Waals surface area contributed by atoms with Crippen molar-refractivity contribution >= 4 is 10.9 Å². The monoisotopic (exact) mass is 213 g/mol. The van der Waals surface area contributed by atoms with Crippen LogP contribution >= 0.6 is 0 Å². The van der Waals surface area contributed by atoms with Crippen LogP contribution in [0.3, 0.4) is 0 Å². The number of fused-ring (bicyclic) bond motifs is 1. The van der Waals surface area contributed by atoms with Crippen molar-refractivity contribution in [3.8, 4) is 18.1 Å². The third kappa shape index (κ3) is 1.78. The van der Waals surface area contributed by atoms with Gasteiger partial charge in [-0.25, -0.2) is 0 Å². The molecule has 0 saturated carbocycles. The van der Waals surface area contributed by atoms with E-state index in [4.69, 9.17) is 11.2 Å². The van der Waals surface area contributed by atoms with Crippen LogP contribution in [0, 0.1) is 17.6 Å². The molecule has 0 spiro atoms. The molecule has 0 aliphatic carbocycles. The fourth-order valence-electron chi connectivity index (χ4n) is 1.51. The SMILES string of the molecule is C#C[C@@H](C)Oc1cc[n+]([O-])c2ccccc12. The topological polar surface area (TPSA) is 36.2 Å². The summed E-state index contributed by atoms with van der Waals surface area (Å²) in [7, 11) is 0. The highest BCUT2D eigenvalue weighted by atomic mass is 16.5. The lowest BCUT2D eigenvalue weighted by Crippen LogP contribution is -2.26. The predicted molar refractivity (Wildman–Crippen MR) is 61.8 cm³/mol. The van der Waals surface area contributed by atoms with E-state index in [0.29, 0.717) is 11.3 Å². The molecule has 0 N–H and O–H groups in total. The molecule has 1 heterocycles. The second-order valence-electron chi connectivity index (χ2n) is 3.45. The molecule has 2 aromatic rings. The number of nitrogens with zero attached hydrogens (tertiary/aromatic N) is 1. The Balaban J connectivity index is 2.55. The molecular weight excluding hydrogens is 202 g/mol. The number of para-hydroxylation sites is 1. The molecule has 3 nitrogen and oxygen atoms in total. The molecule has 0 aliphatic heterocycles. The van der Waals surface area contributed by atoms with Gasteiger partial charge in [-0.1, -0.05) is 18.1 Å². The van der Waals surface area contributed by atoms with Crippen LogP contribution < -0.4 is 9.47 Å². The maximum absolute atomic E-state index is 11.5. The van der Waals surface area contributed by atoms with Crippen LogP contribution in [-0.4, -0.2) is 6.10 Å². The Bertz CT molecular complexity index is 557. The lowest BCUT2D eigenvalue weighted by Gasteiger charge is -2.11. The van der Waals surface area contributed by atoms with Gasteiger partial charge in [0, 0.05) is 12.1 Å². The third-order valence-electron chi connectivity index (χ3n) is 2.31. The summed E-state index contributed by atoms with van der Waals surface area (Å²) in [6.07, 6.45) is 6.36. The number of hydrogen-bond acceptors (Lipinski definition) is 2. The van der Waals surface area contributed by atoms with Crippen LogP contribution in [0.2, 0.25) is 0 Å². The van der Waals surface area contributed by atoms with E-state index in [1.807, 2.05) is 18.2 Å². The highest BCUT2D eigenvalue weighted by Crippen LogP contribution is 2.23. The Morgan fingerprint density at radius 2 is 2.12 bits per heavy atom. The normalized spacial score (nSPS) is 12.0. The van der Waals surface area contributed by atoms with Gasteiger partial charge in [0.15, 0.2) is 12.3 Å². The van der Waals surface area contributed by atoms with E-state index in [0.717, 1.165) is 10.1 Å². The van der Waals surface area contributed by atoms with Gasteiger partial charge >= 0.3 is 0 Å². The summed E-state index contributed by atoms with van der Waals surface area (Å²) < 4.78 is 6.35. The van der Waals surface area contributed by atoms with Crippen LogP contribution in [0.15, 0.2) is 36.5 Å². The summed E-state index contributed by atoms with van der Waals surface area (Å²) in [5.41, 5.74) is 0.573. The number of pyridine rings is 1. The van der Waals surface area contributed by atoms with Crippen molar-refractivity contribution in [1.82, 2.24) is 0 Å². The van der Waals surface area contributed by atoms with Crippen molar-refractivity contribution in [2.75, 3.05) is 0 Å². The van der Waals surface area contributed by atoms with Crippen molar-refractivity contribution in [2.45, 2.75) is 13.0 Å². The molecule has 1 atom stereocenters. The van der Waals surface area contributed by atoms with E-state index in [1.54, 1.807) is 19.1 Å². The maximum Gasteiger partial charge on any atom is 0.227 e. The van der Waals surface area contributed by atoms with Crippen LogP contribution in [0.1, 0.15) is 6.92 Å². The highest BCUT2D eigenvalue weighted by Gasteiger charge is 2.10. The molecule has 1 aromatic carbocycles. The van der Waals surface area contributed by atoms with Crippen LogP contribution in [0.25, 0.3) is 10.9 Å². The Morgan fingerprint density at radius 1 is 1.38 bits per heavy atom. The number of rotatable bonds is 2. The van der Waals surface area contributed by atoms with E-state index in [2.05, 4.69) is 5.92 Å². The number of hydrogen-bond donors (Lipinski definition) is 0. The fraction of sp³-hybridized carbons (Fsp3) is 0.154. The van der Waals surface area contributed by atoms with Gasteiger partial charge in [-0.2, -0.15) is 4.73 Å². The zero-order valence-electron chi connectivity index (χ0n) is 8.88. The Labute approximate surface area is 93.9 Å². The molecule has 0 fully saturated rings. The van der Waals surface area contributed by atoms with Crippen molar-refractivity contribution in [3.05, 3.63) is 41.7 Å². The van der Waals surface area contributed by atoms with E-state index in [-0.39, 0.29) is 6.10 Å². The molecule has 80 valence electrons. The van der Waals surface area contributed by atoms with Crippen molar-refractivity contribution in [3.63, 3.8) is 0 Å². The fourth-order valence-corrected chi connectivity index (χ4v) is 1.51. The quantitative estimate of drug-likeness (QED) is 0.434. The van der Waals surface area contributed by atoms with Crippen LogP contribution in [0.4, 0.5) is 0 Å². The smallest absolute Gasteiger partial charge is 0.227 e. The van der Waals surface area contributed by atoms with Crippen molar-refractivity contribution in [1.29, 1.82) is 0 Å². The molecule has 0 amide bonds. The largest absolute Gasteiger partial charge is 0.618 e. The van der Waals surface area contributed by atoms with Crippen LogP contribution in [0.5, 0.6) is 5.75 Å². The average molecular weight is 213 g/mol. The second-order valence-corrected chi connectivity index (χ2v) is 3.45. The first kappa shape index (κ1) is 10.3. The summed E-state index contributed by atoms with van der Waals surface area (Å²) in [6, 6.07) is 8.88. The van der Waals surface area contributed by atoms with Gasteiger partial charge in [0.1, 0.15) is 5.75 Å². The Morgan fingerprint density at radius 3 is 2.88 bits per heavy atom. The first-order chi connectivity index (χ1) is 7.72. The minimum Gasteiger partial charge on any atom is -0.618 e. The molecule has 0 unspecified atom stereocenters. The second kappa shape index (κ2) is 4.11. The lowest BCUT2D eigenvalue weighted by atomic mass is 10.2. The number of terminal acetylenes is 1. The minimum absolute atomic E-state index is 0.314. The van der Waals surface area contributed by atoms with Gasteiger partial charge in [0.2, 0.25) is 5.52 Å². The van der Waals surface area contributed by atoms with E-state index < -0.39 is 0 Å². The number of benzene rings is 1. The van der Waals surface area contributed by atoms with Gasteiger partial charge in [0.25, 0.3) is 0 Å². The molecule has 0 bridgehead atoms. The third-order valence-corrected chi connectivity index (χ3v) is 2.31. The Kier molecular flexibility index (Phi) is 2.65. The summed E-state index contributed by atoms with van der Waals surface area (Å²) in [5.74, 6) is 3.12. The van der Waals surface area contributed by atoms with Gasteiger partial charge < -0.3 is 9.94 Å². The summed E-state index contributed by atoms with van der Waals surface area (Å²) >= 11 is 0. The zero-order valence-corrected chi connectivity index (χ0v) is 8.88. The lowest BCUT2D eigenvalue weighted by molar-refractivity contribution is -0.577. The van der Waals surface area contributed by atoms with E-state index >= 15 is 0 Å². The summed E-state index contributed by atoms with van der Waals surface area (Å²) in [6.45, 7) is 1.78. The van der Waals surface area contributed by atoms with E-state index in [9.17, 15) is 5.21 Å². The standard InChI is InChI=1S/C13H11NO2/c1-3-10(2)16-13-8-9-14(15)12-7-5-4-6-11(12)13/h1,4-10H,2H3/t10-/m1/s1. The first-order valence-corrected chi connectivity index (χ1v) is 4.96. The van der Waals surface area contributed by atoms with Crippen molar-refractivity contribution < 1.29 is 9.47 Å².